The fourth-order valence-electron chi connectivity index (χ4n) is 1.93. The lowest BCUT2D eigenvalue weighted by atomic mass is 10.2. The zero-order chi connectivity index (χ0) is 14.4. The Morgan fingerprint density at radius 3 is 2.75 bits per heavy atom. The molecule has 0 fully saturated rings. The third kappa shape index (κ3) is 3.60. The normalized spacial score (nSPS) is 11.9. The summed E-state index contributed by atoms with van der Waals surface area (Å²) in [7, 11) is 1.78. The Hall–Kier alpha value is -2.30. The number of amides is 2. The molecule has 0 radical (unpaired) electrons. The van der Waals surface area contributed by atoms with Gasteiger partial charge in [0.15, 0.2) is 0 Å². The van der Waals surface area contributed by atoms with Crippen LogP contribution < -0.4 is 5.32 Å². The second kappa shape index (κ2) is 6.75. The summed E-state index contributed by atoms with van der Waals surface area (Å²) < 4.78 is 2.03. The summed E-state index contributed by atoms with van der Waals surface area (Å²) in [6.45, 7) is 3.34. The van der Waals surface area contributed by atoms with E-state index in [4.69, 9.17) is 0 Å². The van der Waals surface area contributed by atoms with Crippen LogP contribution in [0.3, 0.4) is 0 Å². The second-order valence-electron chi connectivity index (χ2n) is 4.69. The van der Waals surface area contributed by atoms with Gasteiger partial charge in [-0.15, -0.1) is 0 Å². The molecule has 2 rings (SSSR count). The van der Waals surface area contributed by atoms with Crippen LogP contribution in [-0.2, 0) is 6.54 Å². The van der Waals surface area contributed by atoms with Gasteiger partial charge in [-0.3, -0.25) is 4.98 Å². The first-order valence-electron chi connectivity index (χ1n) is 6.71. The maximum Gasteiger partial charge on any atom is 0.317 e. The highest BCUT2D eigenvalue weighted by molar-refractivity contribution is 5.74. The first-order valence-corrected chi connectivity index (χ1v) is 6.71. The monoisotopic (exact) mass is 272 g/mol. The first kappa shape index (κ1) is 14.1. The molecule has 5 nitrogen and oxygen atoms in total. The molecule has 0 bridgehead atoms. The maximum atomic E-state index is 12.1. The largest absolute Gasteiger partial charge is 0.353 e. The molecule has 0 saturated carbocycles. The van der Waals surface area contributed by atoms with Crippen molar-refractivity contribution in [3.8, 4) is 0 Å². The number of urea groups is 1. The van der Waals surface area contributed by atoms with Crippen molar-refractivity contribution < 1.29 is 4.79 Å². The van der Waals surface area contributed by atoms with Crippen molar-refractivity contribution >= 4 is 6.03 Å². The predicted octanol–water partition coefficient (Wildman–Crippen LogP) is 2.29. The van der Waals surface area contributed by atoms with Gasteiger partial charge in [-0.1, -0.05) is 6.07 Å². The van der Waals surface area contributed by atoms with Crippen molar-refractivity contribution in [3.05, 3.63) is 54.6 Å². The fraction of sp³-hybridized carbons (Fsp3) is 0.333. The number of aromatic nitrogens is 2. The summed E-state index contributed by atoms with van der Waals surface area (Å²) in [5.74, 6) is 0. The average Bonchev–Trinajstić information content (AvgIpc) is 2.99. The molecule has 2 aromatic heterocycles. The second-order valence-corrected chi connectivity index (χ2v) is 4.69. The molecule has 0 aromatic carbocycles. The Morgan fingerprint density at radius 1 is 1.35 bits per heavy atom. The van der Waals surface area contributed by atoms with Crippen LogP contribution in [0.4, 0.5) is 4.79 Å². The van der Waals surface area contributed by atoms with E-state index >= 15 is 0 Å². The quantitative estimate of drug-likeness (QED) is 0.908. The first-order chi connectivity index (χ1) is 9.68. The molecule has 2 amide bonds. The van der Waals surface area contributed by atoms with Crippen LogP contribution in [0.1, 0.15) is 18.7 Å². The summed E-state index contributed by atoms with van der Waals surface area (Å²) in [5, 5.41) is 2.91. The Kier molecular flexibility index (Phi) is 4.76. The van der Waals surface area contributed by atoms with Crippen molar-refractivity contribution in [1.82, 2.24) is 19.8 Å². The topological polar surface area (TPSA) is 50.2 Å². The zero-order valence-corrected chi connectivity index (χ0v) is 11.9. The summed E-state index contributed by atoms with van der Waals surface area (Å²) >= 11 is 0. The number of carbonyl (C=O) groups excluding carboxylic acids is 1. The van der Waals surface area contributed by atoms with Gasteiger partial charge in [0.1, 0.15) is 0 Å². The van der Waals surface area contributed by atoms with E-state index in [-0.39, 0.29) is 12.1 Å². The summed E-state index contributed by atoms with van der Waals surface area (Å²) in [6.07, 6.45) is 5.70. The van der Waals surface area contributed by atoms with Crippen LogP contribution in [0.15, 0.2) is 48.9 Å². The molecule has 0 saturated heterocycles. The molecule has 2 heterocycles. The van der Waals surface area contributed by atoms with Crippen LogP contribution in [0.5, 0.6) is 0 Å². The SMILES string of the molecule is CC(c1ccccn1)N(C)C(=O)NCCn1cccc1. The summed E-state index contributed by atoms with van der Waals surface area (Å²) in [5.41, 5.74) is 0.885. The zero-order valence-electron chi connectivity index (χ0n) is 11.9. The molecule has 0 aliphatic carbocycles. The third-order valence-corrected chi connectivity index (χ3v) is 3.33. The van der Waals surface area contributed by atoms with Crippen molar-refractivity contribution in [3.63, 3.8) is 0 Å². The number of nitrogens with one attached hydrogen (secondary N) is 1. The van der Waals surface area contributed by atoms with Crippen LogP contribution in [-0.4, -0.2) is 34.1 Å². The van der Waals surface area contributed by atoms with Crippen molar-refractivity contribution in [2.45, 2.75) is 19.5 Å². The minimum Gasteiger partial charge on any atom is -0.353 e. The van der Waals surface area contributed by atoms with Gasteiger partial charge in [0.05, 0.1) is 11.7 Å². The number of pyridine rings is 1. The van der Waals surface area contributed by atoms with E-state index in [1.165, 1.54) is 0 Å². The van der Waals surface area contributed by atoms with Gasteiger partial charge < -0.3 is 14.8 Å². The number of hydrogen-bond donors (Lipinski definition) is 1. The lowest BCUT2D eigenvalue weighted by Gasteiger charge is -2.24. The van der Waals surface area contributed by atoms with E-state index in [0.29, 0.717) is 6.54 Å². The molecule has 106 valence electrons. The Bertz CT molecular complexity index is 524. The van der Waals surface area contributed by atoms with E-state index in [0.717, 1.165) is 12.2 Å². The van der Waals surface area contributed by atoms with Crippen molar-refractivity contribution in [2.75, 3.05) is 13.6 Å². The maximum absolute atomic E-state index is 12.1. The number of nitrogens with zero attached hydrogens (tertiary/aromatic N) is 3. The molecule has 2 aromatic rings. The van der Waals surface area contributed by atoms with Gasteiger partial charge in [-0.2, -0.15) is 0 Å². The molecule has 5 heteroatoms. The fourth-order valence-corrected chi connectivity index (χ4v) is 1.93. The Morgan fingerprint density at radius 2 is 2.10 bits per heavy atom. The molecule has 0 aliphatic heterocycles. The molecule has 0 spiro atoms. The third-order valence-electron chi connectivity index (χ3n) is 3.33. The van der Waals surface area contributed by atoms with E-state index in [1.807, 2.05) is 54.2 Å². The molecule has 0 aliphatic rings. The highest BCUT2D eigenvalue weighted by Crippen LogP contribution is 2.15. The Balaban J connectivity index is 1.82. The van der Waals surface area contributed by atoms with Crippen LogP contribution in [0, 0.1) is 0 Å². The van der Waals surface area contributed by atoms with Crippen molar-refractivity contribution in [2.24, 2.45) is 0 Å². The number of rotatable bonds is 5. The molecular weight excluding hydrogens is 252 g/mol. The van der Waals surface area contributed by atoms with Gasteiger partial charge in [-0.05, 0) is 31.2 Å². The Labute approximate surface area is 119 Å². The molecule has 1 atom stereocenters. The average molecular weight is 272 g/mol. The standard InChI is InChI=1S/C15H20N4O/c1-13(14-7-3-4-8-16-14)18(2)15(20)17-9-12-19-10-5-6-11-19/h3-8,10-11,13H,9,12H2,1-2H3,(H,17,20). The molecule has 1 N–H and O–H groups in total. The van der Waals surface area contributed by atoms with Gasteiger partial charge in [-0.25, -0.2) is 4.79 Å². The molecular formula is C15H20N4O. The van der Waals surface area contributed by atoms with Crippen LogP contribution in [0.2, 0.25) is 0 Å². The number of carbonyl (C=O) groups is 1. The summed E-state index contributed by atoms with van der Waals surface area (Å²) in [6, 6.07) is 9.52. The van der Waals surface area contributed by atoms with E-state index in [1.54, 1.807) is 18.1 Å². The van der Waals surface area contributed by atoms with Crippen LogP contribution >= 0.6 is 0 Å². The molecule has 1 unspecified atom stereocenters. The minimum atomic E-state index is -0.0877. The van der Waals surface area contributed by atoms with E-state index in [9.17, 15) is 4.79 Å². The highest BCUT2D eigenvalue weighted by atomic mass is 16.2. The predicted molar refractivity (Wildman–Crippen MR) is 78.2 cm³/mol. The van der Waals surface area contributed by atoms with Gasteiger partial charge in [0.2, 0.25) is 0 Å². The van der Waals surface area contributed by atoms with Crippen molar-refractivity contribution in [1.29, 1.82) is 0 Å². The van der Waals surface area contributed by atoms with Crippen LogP contribution in [0.25, 0.3) is 0 Å². The lowest BCUT2D eigenvalue weighted by Crippen LogP contribution is -2.40. The minimum absolute atomic E-state index is 0.0530. The van der Waals surface area contributed by atoms with Gasteiger partial charge in [0.25, 0.3) is 0 Å². The lowest BCUT2D eigenvalue weighted by molar-refractivity contribution is 0.193. The van der Waals surface area contributed by atoms with E-state index < -0.39 is 0 Å². The smallest absolute Gasteiger partial charge is 0.317 e. The van der Waals surface area contributed by atoms with Gasteiger partial charge in [0, 0.05) is 38.7 Å². The molecule has 20 heavy (non-hydrogen) atoms. The van der Waals surface area contributed by atoms with Gasteiger partial charge >= 0.3 is 6.03 Å². The summed E-state index contributed by atoms with van der Waals surface area (Å²) in [4.78, 5) is 18.0. The highest BCUT2D eigenvalue weighted by Gasteiger charge is 2.17. The number of hydrogen-bond acceptors (Lipinski definition) is 2. The van der Waals surface area contributed by atoms with E-state index in [2.05, 4.69) is 10.3 Å².